The highest BCUT2D eigenvalue weighted by molar-refractivity contribution is 7.21. The monoisotopic (exact) mass is 271 g/mol. The van der Waals surface area contributed by atoms with E-state index in [9.17, 15) is 4.79 Å². The number of benzene rings is 1. The minimum Gasteiger partial charge on any atom is -0.378 e. The van der Waals surface area contributed by atoms with Crippen molar-refractivity contribution in [2.75, 3.05) is 19.0 Å². The first-order chi connectivity index (χ1) is 9.13. The fraction of sp³-hybridized carbons (Fsp3) is 0.143. The zero-order valence-electron chi connectivity index (χ0n) is 10.7. The molecule has 2 aromatic heterocycles. The molecule has 0 fully saturated rings. The van der Waals surface area contributed by atoms with Crippen molar-refractivity contribution in [3.63, 3.8) is 0 Å². The van der Waals surface area contributed by atoms with E-state index in [0.717, 1.165) is 26.6 Å². The number of anilines is 1. The van der Waals surface area contributed by atoms with Gasteiger partial charge in [-0.15, -0.1) is 0 Å². The molecule has 4 nitrogen and oxygen atoms in total. The summed E-state index contributed by atoms with van der Waals surface area (Å²) in [7, 11) is 4.02. The lowest BCUT2D eigenvalue weighted by Gasteiger charge is -2.11. The highest BCUT2D eigenvalue weighted by Gasteiger charge is 2.07. The van der Waals surface area contributed by atoms with Crippen molar-refractivity contribution in [3.05, 3.63) is 46.8 Å². The summed E-state index contributed by atoms with van der Waals surface area (Å²) in [5.41, 5.74) is 2.95. The normalized spacial score (nSPS) is 10.8. The highest BCUT2D eigenvalue weighted by atomic mass is 32.1. The average molecular weight is 271 g/mol. The summed E-state index contributed by atoms with van der Waals surface area (Å²) >= 11 is 1.50. The number of hydrogen-bond acceptors (Lipinski definition) is 4. The van der Waals surface area contributed by atoms with Crippen molar-refractivity contribution in [2.45, 2.75) is 0 Å². The van der Waals surface area contributed by atoms with Gasteiger partial charge in [0.2, 0.25) is 5.56 Å². The number of pyridine rings is 1. The second kappa shape index (κ2) is 4.51. The molecule has 0 aliphatic heterocycles. The molecule has 19 heavy (non-hydrogen) atoms. The van der Waals surface area contributed by atoms with E-state index in [1.54, 1.807) is 6.07 Å². The molecule has 96 valence electrons. The van der Waals surface area contributed by atoms with Crippen molar-refractivity contribution in [1.29, 1.82) is 0 Å². The molecule has 0 radical (unpaired) electrons. The summed E-state index contributed by atoms with van der Waals surface area (Å²) in [6.45, 7) is 0. The number of thiazole rings is 1. The number of nitrogens with zero attached hydrogens (tertiary/aromatic N) is 2. The van der Waals surface area contributed by atoms with Crippen molar-refractivity contribution in [2.24, 2.45) is 0 Å². The van der Waals surface area contributed by atoms with Gasteiger partial charge in [0.05, 0.1) is 5.52 Å². The van der Waals surface area contributed by atoms with Gasteiger partial charge < -0.3 is 9.88 Å². The van der Waals surface area contributed by atoms with Gasteiger partial charge in [-0.1, -0.05) is 11.3 Å². The van der Waals surface area contributed by atoms with Crippen LogP contribution >= 0.6 is 11.3 Å². The van der Waals surface area contributed by atoms with Crippen molar-refractivity contribution in [3.8, 4) is 10.6 Å². The number of H-pyrrole nitrogens is 1. The summed E-state index contributed by atoms with van der Waals surface area (Å²) in [5, 5.41) is 0.919. The fourth-order valence-electron chi connectivity index (χ4n) is 1.87. The maximum Gasteiger partial charge on any atom is 0.249 e. The van der Waals surface area contributed by atoms with Crippen LogP contribution in [-0.4, -0.2) is 24.1 Å². The topological polar surface area (TPSA) is 49.0 Å². The molecule has 3 rings (SSSR count). The Morgan fingerprint density at radius 3 is 2.53 bits per heavy atom. The van der Waals surface area contributed by atoms with E-state index in [2.05, 4.69) is 27.0 Å². The second-order valence-electron chi connectivity index (χ2n) is 4.50. The zero-order valence-corrected chi connectivity index (χ0v) is 11.5. The van der Waals surface area contributed by atoms with E-state index in [4.69, 9.17) is 0 Å². The van der Waals surface area contributed by atoms with Gasteiger partial charge in [0.25, 0.3) is 0 Å². The van der Waals surface area contributed by atoms with Gasteiger partial charge in [0.15, 0.2) is 0 Å². The van der Waals surface area contributed by atoms with Crippen LogP contribution in [0.15, 0.2) is 41.2 Å². The first-order valence-corrected chi connectivity index (χ1v) is 6.73. The van der Waals surface area contributed by atoms with Crippen LogP contribution in [0.5, 0.6) is 0 Å². The van der Waals surface area contributed by atoms with Crippen LogP contribution in [0, 0.1) is 0 Å². The minimum absolute atomic E-state index is 0.0920. The maximum atomic E-state index is 11.3. The predicted molar refractivity (Wildman–Crippen MR) is 80.0 cm³/mol. The number of hydrogen-bond donors (Lipinski definition) is 1. The summed E-state index contributed by atoms with van der Waals surface area (Å²) in [4.78, 5) is 21.5. The van der Waals surface area contributed by atoms with Crippen LogP contribution in [0.4, 0.5) is 5.69 Å². The Labute approximate surface area is 114 Å². The van der Waals surface area contributed by atoms with Crippen LogP contribution in [0.3, 0.4) is 0 Å². The molecule has 1 aromatic carbocycles. The number of nitrogens with one attached hydrogen (secondary N) is 1. The number of rotatable bonds is 2. The molecular formula is C14H13N3OS. The quantitative estimate of drug-likeness (QED) is 0.779. The predicted octanol–water partition coefficient (Wildman–Crippen LogP) is 2.72. The lowest BCUT2D eigenvalue weighted by molar-refractivity contribution is 1.13. The average Bonchev–Trinajstić information content (AvgIpc) is 2.81. The SMILES string of the molecule is CN(C)c1ccc(-c2nc3ccc(=O)[nH]c3s2)cc1. The number of aromatic amines is 1. The summed E-state index contributed by atoms with van der Waals surface area (Å²) in [6.07, 6.45) is 0. The third-order valence-corrected chi connectivity index (χ3v) is 3.95. The van der Waals surface area contributed by atoms with Crippen LogP contribution in [0.2, 0.25) is 0 Å². The van der Waals surface area contributed by atoms with Crippen LogP contribution in [0.25, 0.3) is 20.9 Å². The van der Waals surface area contributed by atoms with Crippen LogP contribution < -0.4 is 10.5 Å². The molecule has 1 N–H and O–H groups in total. The lowest BCUT2D eigenvalue weighted by Crippen LogP contribution is -2.07. The Balaban J connectivity index is 2.06. The number of fused-ring (bicyclic) bond motifs is 1. The second-order valence-corrected chi connectivity index (χ2v) is 5.50. The van der Waals surface area contributed by atoms with E-state index in [1.807, 2.05) is 26.2 Å². The van der Waals surface area contributed by atoms with Crippen molar-refractivity contribution < 1.29 is 0 Å². The van der Waals surface area contributed by atoms with Crippen LogP contribution in [0.1, 0.15) is 0 Å². The first-order valence-electron chi connectivity index (χ1n) is 5.91. The molecule has 5 heteroatoms. The van der Waals surface area contributed by atoms with E-state index in [0.29, 0.717) is 0 Å². The van der Waals surface area contributed by atoms with E-state index in [1.165, 1.54) is 17.4 Å². The minimum atomic E-state index is -0.0920. The number of aromatic nitrogens is 2. The highest BCUT2D eigenvalue weighted by Crippen LogP contribution is 2.29. The van der Waals surface area contributed by atoms with Gasteiger partial charge in [-0.25, -0.2) is 4.98 Å². The van der Waals surface area contributed by atoms with E-state index >= 15 is 0 Å². The van der Waals surface area contributed by atoms with Crippen molar-refractivity contribution >= 4 is 27.4 Å². The largest absolute Gasteiger partial charge is 0.378 e. The third kappa shape index (κ3) is 2.24. The third-order valence-electron chi connectivity index (χ3n) is 2.91. The van der Waals surface area contributed by atoms with E-state index < -0.39 is 0 Å². The maximum absolute atomic E-state index is 11.3. The van der Waals surface area contributed by atoms with Crippen LogP contribution in [-0.2, 0) is 0 Å². The van der Waals surface area contributed by atoms with Gasteiger partial charge in [-0.3, -0.25) is 4.79 Å². The molecule has 0 bridgehead atoms. The first kappa shape index (κ1) is 11.9. The molecule has 0 saturated heterocycles. The van der Waals surface area contributed by atoms with Crippen molar-refractivity contribution in [1.82, 2.24) is 9.97 Å². The molecule has 0 aliphatic rings. The Hall–Kier alpha value is -2.14. The Bertz CT molecular complexity index is 771. The van der Waals surface area contributed by atoms with Gasteiger partial charge in [0, 0.05) is 31.4 Å². The summed E-state index contributed by atoms with van der Waals surface area (Å²) in [6, 6.07) is 11.5. The standard InChI is InChI=1S/C14H13N3OS/c1-17(2)10-5-3-9(4-6-10)13-15-11-7-8-12(18)16-14(11)19-13/h3-8H,1-2H3,(H,16,18). The molecule has 0 aliphatic carbocycles. The smallest absolute Gasteiger partial charge is 0.249 e. The molecule has 2 heterocycles. The Kier molecular flexibility index (Phi) is 2.83. The summed E-state index contributed by atoms with van der Waals surface area (Å²) in [5.74, 6) is 0. The molecule has 0 amide bonds. The molecular weight excluding hydrogens is 258 g/mol. The Morgan fingerprint density at radius 2 is 1.84 bits per heavy atom. The molecule has 0 atom stereocenters. The van der Waals surface area contributed by atoms with E-state index in [-0.39, 0.29) is 5.56 Å². The molecule has 0 unspecified atom stereocenters. The molecule has 3 aromatic rings. The molecule has 0 spiro atoms. The van der Waals surface area contributed by atoms with Gasteiger partial charge >= 0.3 is 0 Å². The molecule has 0 saturated carbocycles. The zero-order chi connectivity index (χ0) is 13.4. The van der Waals surface area contributed by atoms with Gasteiger partial charge in [-0.05, 0) is 30.3 Å². The summed E-state index contributed by atoms with van der Waals surface area (Å²) < 4.78 is 0. The van der Waals surface area contributed by atoms with Gasteiger partial charge in [-0.2, -0.15) is 0 Å². The lowest BCUT2D eigenvalue weighted by atomic mass is 10.2. The fourth-order valence-corrected chi connectivity index (χ4v) is 2.83. The van der Waals surface area contributed by atoms with Gasteiger partial charge in [0.1, 0.15) is 9.84 Å². The Morgan fingerprint density at radius 1 is 1.11 bits per heavy atom.